The zero-order valence-electron chi connectivity index (χ0n) is 9.21. The van der Waals surface area contributed by atoms with Crippen molar-refractivity contribution in [3.05, 3.63) is 23.8 Å². The molecule has 1 saturated heterocycles. The van der Waals surface area contributed by atoms with Gasteiger partial charge in [-0.1, -0.05) is 0 Å². The maximum absolute atomic E-state index is 13.0. The fourth-order valence-electron chi connectivity index (χ4n) is 2.02. The van der Waals surface area contributed by atoms with Crippen LogP contribution in [0.4, 0.5) is 14.5 Å². The molecule has 88 valence electrons. The number of aromatic hydroxyl groups is 1. The Bertz CT molecular complexity index is 362. The highest BCUT2D eigenvalue weighted by atomic mass is 19.3. The van der Waals surface area contributed by atoms with Crippen molar-refractivity contribution in [2.24, 2.45) is 0 Å². The minimum absolute atomic E-state index is 0.109. The number of phenolic OH excluding ortho intramolecular Hbond substituents is 1. The number of anilines is 1. The Hall–Kier alpha value is -1.32. The molecule has 0 bridgehead atoms. The summed E-state index contributed by atoms with van der Waals surface area (Å²) in [5.41, 5.74) is 1.76. The molecule has 2 rings (SSSR count). The first-order valence-corrected chi connectivity index (χ1v) is 5.40. The topological polar surface area (TPSA) is 23.5 Å². The third kappa shape index (κ3) is 2.43. The number of hydrogen-bond donors (Lipinski definition) is 1. The van der Waals surface area contributed by atoms with Crippen LogP contribution in [-0.4, -0.2) is 24.1 Å². The normalized spacial score (nSPS) is 19.8. The summed E-state index contributed by atoms with van der Waals surface area (Å²) in [6.45, 7) is 2.56. The molecule has 16 heavy (non-hydrogen) atoms. The molecule has 0 spiro atoms. The summed E-state index contributed by atoms with van der Waals surface area (Å²) in [5.74, 6) is -2.34. The largest absolute Gasteiger partial charge is 0.508 e. The van der Waals surface area contributed by atoms with Crippen LogP contribution in [0.2, 0.25) is 0 Å². The lowest BCUT2D eigenvalue weighted by Crippen LogP contribution is -2.39. The average Bonchev–Trinajstić information content (AvgIpc) is 2.15. The number of halogens is 2. The second-order valence-electron chi connectivity index (χ2n) is 4.37. The Labute approximate surface area is 93.5 Å². The zero-order valence-corrected chi connectivity index (χ0v) is 9.21. The summed E-state index contributed by atoms with van der Waals surface area (Å²) in [6, 6.07) is 5.18. The van der Waals surface area contributed by atoms with Gasteiger partial charge in [-0.15, -0.1) is 0 Å². The van der Waals surface area contributed by atoms with E-state index in [9.17, 15) is 13.9 Å². The Morgan fingerprint density at radius 1 is 1.19 bits per heavy atom. The van der Waals surface area contributed by atoms with Gasteiger partial charge >= 0.3 is 0 Å². The van der Waals surface area contributed by atoms with E-state index < -0.39 is 5.92 Å². The van der Waals surface area contributed by atoms with Crippen LogP contribution in [0.15, 0.2) is 18.2 Å². The molecule has 1 aliphatic heterocycles. The van der Waals surface area contributed by atoms with Gasteiger partial charge in [0.05, 0.1) is 0 Å². The van der Waals surface area contributed by atoms with E-state index in [1.54, 1.807) is 12.1 Å². The predicted octanol–water partition coefficient (Wildman–Crippen LogP) is 2.94. The highest BCUT2D eigenvalue weighted by Gasteiger charge is 2.34. The number of alkyl halides is 2. The zero-order chi connectivity index (χ0) is 11.8. The van der Waals surface area contributed by atoms with Crippen LogP contribution < -0.4 is 4.90 Å². The van der Waals surface area contributed by atoms with Crippen molar-refractivity contribution in [2.75, 3.05) is 18.0 Å². The molecule has 1 aromatic carbocycles. The maximum atomic E-state index is 13.0. The van der Waals surface area contributed by atoms with Crippen LogP contribution in [0, 0.1) is 6.92 Å². The first-order valence-electron chi connectivity index (χ1n) is 5.40. The van der Waals surface area contributed by atoms with Crippen LogP contribution >= 0.6 is 0 Å². The van der Waals surface area contributed by atoms with Gasteiger partial charge in [-0.05, 0) is 24.6 Å². The highest BCUT2D eigenvalue weighted by Crippen LogP contribution is 2.31. The van der Waals surface area contributed by atoms with Gasteiger partial charge in [0.25, 0.3) is 5.92 Å². The summed E-state index contributed by atoms with van der Waals surface area (Å²) >= 11 is 0. The van der Waals surface area contributed by atoms with Gasteiger partial charge in [-0.25, -0.2) is 8.78 Å². The average molecular weight is 227 g/mol. The molecule has 0 unspecified atom stereocenters. The quantitative estimate of drug-likeness (QED) is 0.797. The van der Waals surface area contributed by atoms with Crippen LogP contribution in [0.25, 0.3) is 0 Å². The molecule has 1 fully saturated rings. The lowest BCUT2D eigenvalue weighted by molar-refractivity contribution is -0.0220. The van der Waals surface area contributed by atoms with Gasteiger partial charge in [0, 0.05) is 37.7 Å². The van der Waals surface area contributed by atoms with Gasteiger partial charge < -0.3 is 10.0 Å². The molecule has 0 amide bonds. The first-order chi connectivity index (χ1) is 7.46. The van der Waals surface area contributed by atoms with Gasteiger partial charge in [-0.2, -0.15) is 0 Å². The number of hydrogen-bond acceptors (Lipinski definition) is 2. The Balaban J connectivity index is 2.14. The van der Waals surface area contributed by atoms with E-state index in [-0.39, 0.29) is 18.6 Å². The minimum atomic E-state index is -2.53. The van der Waals surface area contributed by atoms with Crippen molar-refractivity contribution in [1.82, 2.24) is 0 Å². The van der Waals surface area contributed by atoms with Crippen LogP contribution in [-0.2, 0) is 0 Å². The molecule has 1 aromatic rings. The molecular weight excluding hydrogens is 212 g/mol. The smallest absolute Gasteiger partial charge is 0.251 e. The van der Waals surface area contributed by atoms with E-state index in [1.165, 1.54) is 0 Å². The monoisotopic (exact) mass is 227 g/mol. The van der Waals surface area contributed by atoms with Crippen molar-refractivity contribution in [3.63, 3.8) is 0 Å². The van der Waals surface area contributed by atoms with Gasteiger partial charge in [0.2, 0.25) is 0 Å². The van der Waals surface area contributed by atoms with Crippen molar-refractivity contribution in [2.45, 2.75) is 25.7 Å². The summed E-state index contributed by atoms with van der Waals surface area (Å²) in [7, 11) is 0. The molecule has 0 atom stereocenters. The van der Waals surface area contributed by atoms with E-state index in [1.807, 2.05) is 17.9 Å². The van der Waals surface area contributed by atoms with E-state index in [2.05, 4.69) is 0 Å². The number of piperidine rings is 1. The highest BCUT2D eigenvalue weighted by molar-refractivity contribution is 5.53. The van der Waals surface area contributed by atoms with Crippen molar-refractivity contribution >= 4 is 5.69 Å². The molecule has 0 aromatic heterocycles. The number of rotatable bonds is 1. The number of phenols is 1. The van der Waals surface area contributed by atoms with E-state index in [0.717, 1.165) is 11.3 Å². The molecule has 2 nitrogen and oxygen atoms in total. The summed E-state index contributed by atoms with van der Waals surface area (Å²) in [5, 5.41) is 9.45. The molecule has 0 aliphatic carbocycles. The second-order valence-corrected chi connectivity index (χ2v) is 4.37. The molecule has 1 aliphatic rings. The number of aryl methyl sites for hydroxylation is 1. The molecule has 0 radical (unpaired) electrons. The lowest BCUT2D eigenvalue weighted by Gasteiger charge is -2.33. The molecule has 0 saturated carbocycles. The van der Waals surface area contributed by atoms with E-state index >= 15 is 0 Å². The molecule has 1 N–H and O–H groups in total. The third-order valence-corrected chi connectivity index (χ3v) is 2.91. The standard InChI is InChI=1S/C12H15F2NO/c1-9-6-10(8-11(16)7-9)15-4-2-12(13,14)3-5-15/h6-8,16H,2-5H2,1H3. The van der Waals surface area contributed by atoms with Crippen molar-refractivity contribution < 1.29 is 13.9 Å². The Morgan fingerprint density at radius 2 is 1.81 bits per heavy atom. The minimum Gasteiger partial charge on any atom is -0.508 e. The predicted molar refractivity (Wildman–Crippen MR) is 59.2 cm³/mol. The number of nitrogens with zero attached hydrogens (tertiary/aromatic N) is 1. The maximum Gasteiger partial charge on any atom is 0.251 e. The summed E-state index contributed by atoms with van der Waals surface area (Å²) in [4.78, 5) is 1.89. The Morgan fingerprint density at radius 3 is 2.38 bits per heavy atom. The van der Waals surface area contributed by atoms with Crippen LogP contribution in [0.5, 0.6) is 5.75 Å². The van der Waals surface area contributed by atoms with Crippen molar-refractivity contribution in [1.29, 1.82) is 0 Å². The van der Waals surface area contributed by atoms with Crippen LogP contribution in [0.3, 0.4) is 0 Å². The third-order valence-electron chi connectivity index (χ3n) is 2.91. The van der Waals surface area contributed by atoms with Gasteiger partial charge in [-0.3, -0.25) is 0 Å². The van der Waals surface area contributed by atoms with E-state index in [0.29, 0.717) is 13.1 Å². The molecule has 4 heteroatoms. The van der Waals surface area contributed by atoms with Gasteiger partial charge in [0.1, 0.15) is 5.75 Å². The lowest BCUT2D eigenvalue weighted by atomic mass is 10.1. The second kappa shape index (κ2) is 3.92. The van der Waals surface area contributed by atoms with E-state index in [4.69, 9.17) is 0 Å². The first kappa shape index (κ1) is 11.2. The van der Waals surface area contributed by atoms with Crippen LogP contribution in [0.1, 0.15) is 18.4 Å². The van der Waals surface area contributed by atoms with Gasteiger partial charge in [0.15, 0.2) is 0 Å². The Kier molecular flexibility index (Phi) is 2.74. The summed E-state index contributed by atoms with van der Waals surface area (Å²) in [6.07, 6.45) is -0.219. The summed E-state index contributed by atoms with van der Waals surface area (Å²) < 4.78 is 26.0. The molecular formula is C12H15F2NO. The fourth-order valence-corrected chi connectivity index (χ4v) is 2.02. The molecule has 1 heterocycles. The fraction of sp³-hybridized carbons (Fsp3) is 0.500. The van der Waals surface area contributed by atoms with Crippen molar-refractivity contribution in [3.8, 4) is 5.75 Å². The number of benzene rings is 1. The SMILES string of the molecule is Cc1cc(O)cc(N2CCC(F)(F)CC2)c1.